The van der Waals surface area contributed by atoms with Gasteiger partial charge in [-0.3, -0.25) is 9.59 Å². The molecule has 6 nitrogen and oxygen atoms in total. The molecule has 32 heavy (non-hydrogen) atoms. The highest BCUT2D eigenvalue weighted by molar-refractivity contribution is 14.1. The van der Waals surface area contributed by atoms with Gasteiger partial charge in [-0.2, -0.15) is 10.1 Å². The van der Waals surface area contributed by atoms with Crippen molar-refractivity contribution >= 4 is 40.6 Å². The van der Waals surface area contributed by atoms with E-state index >= 15 is 0 Å². The van der Waals surface area contributed by atoms with Gasteiger partial charge in [0.2, 0.25) is 0 Å². The van der Waals surface area contributed by atoms with E-state index in [0.717, 1.165) is 32.5 Å². The van der Waals surface area contributed by atoms with Crippen molar-refractivity contribution in [1.29, 1.82) is 0 Å². The third-order valence-electron chi connectivity index (χ3n) is 6.54. The molecule has 2 aromatic carbocycles. The van der Waals surface area contributed by atoms with Crippen LogP contribution in [0, 0.1) is 27.2 Å². The molecule has 1 saturated carbocycles. The first-order valence-corrected chi connectivity index (χ1v) is 11.8. The van der Waals surface area contributed by atoms with Gasteiger partial charge in [-0.05, 0) is 70.5 Å². The molecule has 0 spiro atoms. The van der Waals surface area contributed by atoms with Gasteiger partial charge in [-0.1, -0.05) is 42.5 Å². The smallest absolute Gasteiger partial charge is 0.254 e. The molecule has 164 valence electrons. The highest BCUT2D eigenvalue weighted by atomic mass is 127. The van der Waals surface area contributed by atoms with E-state index in [9.17, 15) is 9.59 Å². The number of allylic oxidation sites excluding steroid dienone is 2. The third kappa shape index (κ3) is 3.72. The van der Waals surface area contributed by atoms with Crippen LogP contribution in [0.1, 0.15) is 24.0 Å². The second kappa shape index (κ2) is 8.69. The van der Waals surface area contributed by atoms with Crippen LogP contribution in [-0.4, -0.2) is 30.1 Å². The fraction of sp³-hybridized carbons (Fsp3) is 0.320. The molecule has 0 unspecified atom stereocenters. The molecule has 1 heterocycles. The summed E-state index contributed by atoms with van der Waals surface area (Å²) in [5.74, 6) is 0.658. The van der Waals surface area contributed by atoms with Crippen LogP contribution in [-0.2, 0) is 16.2 Å². The number of imide groups is 1. The maximum Gasteiger partial charge on any atom is 0.254 e. The van der Waals surface area contributed by atoms with Gasteiger partial charge < -0.3 is 9.47 Å². The van der Waals surface area contributed by atoms with Gasteiger partial charge in [0.15, 0.2) is 11.5 Å². The average molecular weight is 542 g/mol. The molecule has 6 rings (SSSR count). The normalized spacial score (nSPS) is 26.1. The topological polar surface area (TPSA) is 68.2 Å². The standard InChI is InChI=1S/C25H23IN2O4/c1-31-20-12-16(11-19(26)23(20)32-14-15-5-3-2-4-6-15)13-27-28-24(29)21-17-7-8-18(10-9-17)22(21)25(28)30/h2-8,11-13,17-18,21-22H,9-10,14H2,1H3/b27-13-/t17-,18-,21-,22+/m0/s1. The van der Waals surface area contributed by atoms with Crippen LogP contribution in [0.25, 0.3) is 0 Å². The molecule has 2 fully saturated rings. The van der Waals surface area contributed by atoms with Crippen LogP contribution >= 0.6 is 22.6 Å². The number of hydrogen-bond acceptors (Lipinski definition) is 5. The molecule has 7 heteroatoms. The Kier molecular flexibility index (Phi) is 5.75. The van der Waals surface area contributed by atoms with Gasteiger partial charge in [0.25, 0.3) is 11.8 Å². The number of fused-ring (bicyclic) bond motifs is 1. The first kappa shape index (κ1) is 21.2. The Bertz CT molecular complexity index is 1080. The summed E-state index contributed by atoms with van der Waals surface area (Å²) in [6.07, 6.45) is 7.70. The molecule has 4 atom stereocenters. The van der Waals surface area contributed by atoms with Crippen LogP contribution in [0.3, 0.4) is 0 Å². The fourth-order valence-electron chi connectivity index (χ4n) is 4.98. The van der Waals surface area contributed by atoms with Crippen molar-refractivity contribution in [2.75, 3.05) is 7.11 Å². The van der Waals surface area contributed by atoms with Crippen molar-refractivity contribution in [3.8, 4) is 11.5 Å². The molecule has 1 aliphatic heterocycles. The quantitative estimate of drug-likeness (QED) is 0.235. The predicted octanol–water partition coefficient (Wildman–Crippen LogP) is 4.41. The van der Waals surface area contributed by atoms with E-state index in [0.29, 0.717) is 18.1 Å². The lowest BCUT2D eigenvalue weighted by Crippen LogP contribution is -2.38. The number of rotatable bonds is 6. The number of nitrogens with zero attached hydrogens (tertiary/aromatic N) is 2. The van der Waals surface area contributed by atoms with Crippen LogP contribution in [0.4, 0.5) is 0 Å². The summed E-state index contributed by atoms with van der Waals surface area (Å²) in [6, 6.07) is 13.6. The van der Waals surface area contributed by atoms with Crippen LogP contribution in [0.5, 0.6) is 11.5 Å². The molecule has 2 aromatic rings. The molecule has 2 bridgehead atoms. The maximum atomic E-state index is 12.9. The molecule has 1 saturated heterocycles. The predicted molar refractivity (Wildman–Crippen MR) is 128 cm³/mol. The van der Waals surface area contributed by atoms with E-state index in [1.54, 1.807) is 19.4 Å². The minimum atomic E-state index is -0.258. The molecule has 0 aromatic heterocycles. The van der Waals surface area contributed by atoms with Crippen molar-refractivity contribution in [2.24, 2.45) is 28.8 Å². The van der Waals surface area contributed by atoms with E-state index in [4.69, 9.17) is 9.47 Å². The third-order valence-corrected chi connectivity index (χ3v) is 7.34. The number of carbonyl (C=O) groups excluding carboxylic acids is 2. The monoisotopic (exact) mass is 542 g/mol. The van der Waals surface area contributed by atoms with Crippen LogP contribution in [0.15, 0.2) is 59.7 Å². The summed E-state index contributed by atoms with van der Waals surface area (Å²) in [7, 11) is 1.59. The largest absolute Gasteiger partial charge is 0.493 e. The minimum Gasteiger partial charge on any atom is -0.493 e. The molecule has 0 radical (unpaired) electrons. The van der Waals surface area contributed by atoms with Crippen LogP contribution in [0.2, 0.25) is 0 Å². The number of carbonyl (C=O) groups is 2. The summed E-state index contributed by atoms with van der Waals surface area (Å²) in [5.41, 5.74) is 1.79. The number of amides is 2. The van der Waals surface area contributed by atoms with Crippen molar-refractivity contribution in [2.45, 2.75) is 19.4 Å². The van der Waals surface area contributed by atoms with Gasteiger partial charge in [0.05, 0.1) is 28.7 Å². The zero-order chi connectivity index (χ0) is 22.2. The minimum absolute atomic E-state index is 0.156. The Hall–Kier alpha value is -2.68. The number of ether oxygens (including phenoxy) is 2. The molecule has 3 aliphatic carbocycles. The van der Waals surface area contributed by atoms with Gasteiger partial charge in [0.1, 0.15) is 6.61 Å². The van der Waals surface area contributed by atoms with E-state index < -0.39 is 0 Å². The fourth-order valence-corrected chi connectivity index (χ4v) is 5.76. The lowest BCUT2D eigenvalue weighted by molar-refractivity contribution is -0.140. The van der Waals surface area contributed by atoms with Gasteiger partial charge in [-0.15, -0.1) is 0 Å². The molecular formula is C25H23IN2O4. The summed E-state index contributed by atoms with van der Waals surface area (Å²) < 4.78 is 12.4. The summed E-state index contributed by atoms with van der Waals surface area (Å²) in [6.45, 7) is 0.427. The van der Waals surface area contributed by atoms with E-state index in [2.05, 4.69) is 39.8 Å². The highest BCUT2D eigenvalue weighted by Gasteiger charge is 2.56. The number of halogens is 1. The summed E-state index contributed by atoms with van der Waals surface area (Å²) >= 11 is 2.19. The Labute approximate surface area is 200 Å². The van der Waals surface area contributed by atoms with Gasteiger partial charge in [0, 0.05) is 0 Å². The first-order chi connectivity index (χ1) is 15.6. The van der Waals surface area contributed by atoms with E-state index in [-0.39, 0.29) is 35.5 Å². The van der Waals surface area contributed by atoms with Crippen LogP contribution < -0.4 is 9.47 Å². The lowest BCUT2D eigenvalue weighted by atomic mass is 9.63. The van der Waals surface area contributed by atoms with Gasteiger partial charge >= 0.3 is 0 Å². The van der Waals surface area contributed by atoms with Crippen molar-refractivity contribution < 1.29 is 19.1 Å². The Morgan fingerprint density at radius 3 is 2.31 bits per heavy atom. The number of hydrazone groups is 1. The SMILES string of the molecule is COc1cc(/C=N\N2C(=O)[C@@H]3[C@H](C2=O)[C@H]2C=C[C@H]3CC2)cc(I)c1OCc1ccccc1. The van der Waals surface area contributed by atoms with Crippen molar-refractivity contribution in [3.05, 3.63) is 69.3 Å². The first-order valence-electron chi connectivity index (χ1n) is 10.7. The Balaban J connectivity index is 1.35. The average Bonchev–Trinajstić information content (AvgIpc) is 3.10. The Morgan fingerprint density at radius 1 is 1.06 bits per heavy atom. The van der Waals surface area contributed by atoms with Gasteiger partial charge in [-0.25, -0.2) is 0 Å². The highest BCUT2D eigenvalue weighted by Crippen LogP contribution is 2.49. The maximum absolute atomic E-state index is 12.9. The summed E-state index contributed by atoms with van der Waals surface area (Å²) in [4.78, 5) is 25.9. The van der Waals surface area contributed by atoms with E-state index in [1.165, 1.54) is 0 Å². The molecular weight excluding hydrogens is 519 g/mol. The van der Waals surface area contributed by atoms with Crippen molar-refractivity contribution in [3.63, 3.8) is 0 Å². The number of hydrogen-bond donors (Lipinski definition) is 0. The number of benzene rings is 2. The molecule has 0 N–H and O–H groups in total. The lowest BCUT2D eigenvalue weighted by Gasteiger charge is -2.37. The zero-order valence-electron chi connectivity index (χ0n) is 17.6. The summed E-state index contributed by atoms with van der Waals surface area (Å²) in [5, 5.41) is 5.37. The van der Waals surface area contributed by atoms with E-state index in [1.807, 2.05) is 36.4 Å². The number of methoxy groups -OCH3 is 1. The molecule has 4 aliphatic rings. The molecule has 2 amide bonds. The second-order valence-electron chi connectivity index (χ2n) is 8.38. The second-order valence-corrected chi connectivity index (χ2v) is 9.54. The Morgan fingerprint density at radius 2 is 1.72 bits per heavy atom. The van der Waals surface area contributed by atoms with Crippen molar-refractivity contribution in [1.82, 2.24) is 5.01 Å². The zero-order valence-corrected chi connectivity index (χ0v) is 19.8.